The maximum Gasteiger partial charge on any atom is 0.244 e. The SMILES string of the molecule is CC1(C(=O)Nc2ccc(NS(C)(=O)=O)c(Cl)c2)CCCN1. The Morgan fingerprint density at radius 3 is 2.67 bits per heavy atom. The molecule has 2 rings (SSSR count). The summed E-state index contributed by atoms with van der Waals surface area (Å²) in [6, 6.07) is 4.64. The van der Waals surface area contributed by atoms with E-state index in [1.807, 2.05) is 6.92 Å². The fraction of sp³-hybridized carbons (Fsp3) is 0.462. The van der Waals surface area contributed by atoms with Gasteiger partial charge < -0.3 is 10.6 Å². The molecule has 0 aromatic heterocycles. The lowest BCUT2D eigenvalue weighted by atomic mass is 9.99. The van der Waals surface area contributed by atoms with Crippen LogP contribution in [-0.2, 0) is 14.8 Å². The molecule has 1 fully saturated rings. The van der Waals surface area contributed by atoms with Crippen LogP contribution in [0.1, 0.15) is 19.8 Å². The highest BCUT2D eigenvalue weighted by atomic mass is 35.5. The number of carbonyl (C=O) groups excluding carboxylic acids is 1. The van der Waals surface area contributed by atoms with Gasteiger partial charge in [0.25, 0.3) is 0 Å². The number of nitrogens with one attached hydrogen (secondary N) is 3. The normalized spacial score (nSPS) is 22.0. The Labute approximate surface area is 129 Å². The molecule has 0 spiro atoms. The second-order valence-corrected chi connectivity index (χ2v) is 7.54. The number of hydrogen-bond acceptors (Lipinski definition) is 4. The second-order valence-electron chi connectivity index (χ2n) is 5.39. The zero-order chi connectivity index (χ0) is 15.7. The maximum absolute atomic E-state index is 12.2. The van der Waals surface area contributed by atoms with Gasteiger partial charge in [-0.2, -0.15) is 0 Å². The molecule has 3 N–H and O–H groups in total. The van der Waals surface area contributed by atoms with E-state index in [9.17, 15) is 13.2 Å². The lowest BCUT2D eigenvalue weighted by Gasteiger charge is -2.23. The lowest BCUT2D eigenvalue weighted by molar-refractivity contribution is -0.121. The van der Waals surface area contributed by atoms with Crippen LogP contribution in [0.2, 0.25) is 5.02 Å². The Hall–Kier alpha value is -1.31. The predicted octanol–water partition coefficient (Wildman–Crippen LogP) is 1.79. The van der Waals surface area contributed by atoms with Crippen LogP contribution in [0.25, 0.3) is 0 Å². The summed E-state index contributed by atoms with van der Waals surface area (Å²) >= 11 is 6.02. The molecule has 1 saturated heterocycles. The Morgan fingerprint density at radius 1 is 1.43 bits per heavy atom. The third-order valence-corrected chi connectivity index (χ3v) is 4.30. The summed E-state index contributed by atoms with van der Waals surface area (Å²) in [7, 11) is -3.39. The summed E-state index contributed by atoms with van der Waals surface area (Å²) in [6.07, 6.45) is 2.79. The largest absolute Gasteiger partial charge is 0.324 e. The van der Waals surface area contributed by atoms with E-state index in [4.69, 9.17) is 11.6 Å². The standard InChI is InChI=1S/C13H18ClN3O3S/c1-13(6-3-7-15-13)12(18)16-9-4-5-11(10(14)8-9)17-21(2,19)20/h4-5,8,15,17H,3,6-7H2,1-2H3,(H,16,18). The van der Waals surface area contributed by atoms with Crippen LogP contribution in [0.15, 0.2) is 18.2 Å². The molecule has 1 aromatic carbocycles. The highest BCUT2D eigenvalue weighted by molar-refractivity contribution is 7.92. The van der Waals surface area contributed by atoms with E-state index in [1.165, 1.54) is 12.1 Å². The third kappa shape index (κ3) is 4.09. The average molecular weight is 332 g/mol. The second kappa shape index (κ2) is 5.82. The summed E-state index contributed by atoms with van der Waals surface area (Å²) in [4.78, 5) is 12.2. The molecule has 8 heteroatoms. The number of benzene rings is 1. The predicted molar refractivity (Wildman–Crippen MR) is 84.2 cm³/mol. The number of amides is 1. The monoisotopic (exact) mass is 331 g/mol. The molecule has 1 aliphatic heterocycles. The molecule has 1 amide bonds. The summed E-state index contributed by atoms with van der Waals surface area (Å²) in [5, 5.41) is 6.19. The number of sulfonamides is 1. The Kier molecular flexibility index (Phi) is 4.46. The van der Waals surface area contributed by atoms with E-state index >= 15 is 0 Å². The van der Waals surface area contributed by atoms with E-state index in [0.717, 1.165) is 25.6 Å². The smallest absolute Gasteiger partial charge is 0.244 e. The Morgan fingerprint density at radius 2 is 2.14 bits per heavy atom. The van der Waals surface area contributed by atoms with Gasteiger partial charge in [0.15, 0.2) is 0 Å². The van der Waals surface area contributed by atoms with Crippen LogP contribution in [0.4, 0.5) is 11.4 Å². The molecule has 116 valence electrons. The summed E-state index contributed by atoms with van der Waals surface area (Å²) in [6.45, 7) is 2.68. The Bertz CT molecular complexity index is 655. The van der Waals surface area contributed by atoms with Gasteiger partial charge in [-0.3, -0.25) is 9.52 Å². The van der Waals surface area contributed by atoms with E-state index in [-0.39, 0.29) is 16.6 Å². The van der Waals surface area contributed by atoms with Crippen molar-refractivity contribution in [3.05, 3.63) is 23.2 Å². The number of hydrogen-bond donors (Lipinski definition) is 3. The van der Waals surface area contributed by atoms with Crippen molar-refractivity contribution in [3.63, 3.8) is 0 Å². The van der Waals surface area contributed by atoms with E-state index in [1.54, 1.807) is 6.07 Å². The number of anilines is 2. The summed E-state index contributed by atoms with van der Waals surface area (Å²) < 4.78 is 24.7. The van der Waals surface area contributed by atoms with Crippen molar-refractivity contribution >= 4 is 38.9 Å². The first-order chi connectivity index (χ1) is 9.70. The molecular formula is C13H18ClN3O3S. The maximum atomic E-state index is 12.2. The molecular weight excluding hydrogens is 314 g/mol. The molecule has 1 aliphatic rings. The van der Waals surface area contributed by atoms with Crippen molar-refractivity contribution in [1.29, 1.82) is 0 Å². The third-order valence-electron chi connectivity index (χ3n) is 3.39. The quantitative estimate of drug-likeness (QED) is 0.785. The van der Waals surface area contributed by atoms with Crippen LogP contribution in [0.5, 0.6) is 0 Å². The van der Waals surface area contributed by atoms with Crippen LogP contribution < -0.4 is 15.4 Å². The van der Waals surface area contributed by atoms with Gasteiger partial charge in [0.2, 0.25) is 15.9 Å². The molecule has 0 aliphatic carbocycles. The molecule has 0 saturated carbocycles. The molecule has 21 heavy (non-hydrogen) atoms. The molecule has 6 nitrogen and oxygen atoms in total. The highest BCUT2D eigenvalue weighted by Gasteiger charge is 2.35. The van der Waals surface area contributed by atoms with Crippen molar-refractivity contribution in [3.8, 4) is 0 Å². The Balaban J connectivity index is 2.12. The molecule has 1 aromatic rings. The molecule has 1 unspecified atom stereocenters. The first-order valence-electron chi connectivity index (χ1n) is 6.53. The minimum Gasteiger partial charge on any atom is -0.324 e. The fourth-order valence-electron chi connectivity index (χ4n) is 2.23. The van der Waals surface area contributed by atoms with Crippen LogP contribution in [-0.4, -0.2) is 32.7 Å². The zero-order valence-electron chi connectivity index (χ0n) is 11.9. The number of halogens is 1. The van der Waals surface area contributed by atoms with Crippen molar-refractivity contribution < 1.29 is 13.2 Å². The first-order valence-corrected chi connectivity index (χ1v) is 8.80. The number of carbonyl (C=O) groups is 1. The van der Waals surface area contributed by atoms with Gasteiger partial charge in [0.05, 0.1) is 22.5 Å². The van der Waals surface area contributed by atoms with Gasteiger partial charge in [-0.15, -0.1) is 0 Å². The minimum atomic E-state index is -3.39. The van der Waals surface area contributed by atoms with E-state index < -0.39 is 15.6 Å². The number of rotatable bonds is 4. The van der Waals surface area contributed by atoms with E-state index in [2.05, 4.69) is 15.4 Å². The summed E-state index contributed by atoms with van der Waals surface area (Å²) in [5.74, 6) is -0.125. The van der Waals surface area contributed by atoms with Crippen molar-refractivity contribution in [2.45, 2.75) is 25.3 Å². The van der Waals surface area contributed by atoms with E-state index in [0.29, 0.717) is 5.69 Å². The zero-order valence-corrected chi connectivity index (χ0v) is 13.4. The fourth-order valence-corrected chi connectivity index (χ4v) is 3.09. The van der Waals surface area contributed by atoms with Gasteiger partial charge in [-0.25, -0.2) is 8.42 Å². The first kappa shape index (κ1) is 16.1. The van der Waals surface area contributed by atoms with Crippen molar-refractivity contribution in [2.75, 3.05) is 22.8 Å². The minimum absolute atomic E-state index is 0.125. The molecule has 0 bridgehead atoms. The average Bonchev–Trinajstić information content (AvgIpc) is 2.80. The van der Waals surface area contributed by atoms with Crippen LogP contribution in [0.3, 0.4) is 0 Å². The van der Waals surface area contributed by atoms with Gasteiger partial charge in [0, 0.05) is 5.69 Å². The van der Waals surface area contributed by atoms with Crippen LogP contribution in [0, 0.1) is 0 Å². The van der Waals surface area contributed by atoms with Crippen LogP contribution >= 0.6 is 11.6 Å². The molecule has 1 heterocycles. The van der Waals surface area contributed by atoms with Gasteiger partial charge in [-0.1, -0.05) is 11.6 Å². The topological polar surface area (TPSA) is 87.3 Å². The molecule has 0 radical (unpaired) electrons. The van der Waals surface area contributed by atoms with Crippen molar-refractivity contribution in [2.24, 2.45) is 0 Å². The highest BCUT2D eigenvalue weighted by Crippen LogP contribution is 2.27. The van der Waals surface area contributed by atoms with Gasteiger partial charge in [0.1, 0.15) is 0 Å². The summed E-state index contributed by atoms with van der Waals surface area (Å²) in [5.41, 5.74) is 0.234. The molecule has 1 atom stereocenters. The van der Waals surface area contributed by atoms with Crippen molar-refractivity contribution in [1.82, 2.24) is 5.32 Å². The lowest BCUT2D eigenvalue weighted by Crippen LogP contribution is -2.47. The van der Waals surface area contributed by atoms with Gasteiger partial charge >= 0.3 is 0 Å². The van der Waals surface area contributed by atoms with Gasteiger partial charge in [-0.05, 0) is 44.5 Å².